The number of aryl methyl sites for hydroxylation is 2. The molecule has 0 saturated carbocycles. The lowest BCUT2D eigenvalue weighted by molar-refractivity contribution is -0.138. The molecule has 6 heteroatoms. The van der Waals surface area contributed by atoms with Gasteiger partial charge in [-0.3, -0.25) is 9.88 Å². The molecule has 3 aromatic rings. The molecule has 0 radical (unpaired) electrons. The van der Waals surface area contributed by atoms with Crippen molar-refractivity contribution in [3.8, 4) is 11.3 Å². The van der Waals surface area contributed by atoms with E-state index in [1.165, 1.54) is 5.56 Å². The van der Waals surface area contributed by atoms with Gasteiger partial charge < -0.3 is 5.32 Å². The molecule has 2 aromatic carbocycles. The molecule has 0 atom stereocenters. The van der Waals surface area contributed by atoms with Gasteiger partial charge in [0.25, 0.3) is 0 Å². The fourth-order valence-corrected chi connectivity index (χ4v) is 4.02. The summed E-state index contributed by atoms with van der Waals surface area (Å²) in [6.07, 6.45) is -2.28. The topological polar surface area (TPSA) is 28.2 Å². The first kappa shape index (κ1) is 21.4. The van der Waals surface area contributed by atoms with Crippen LogP contribution >= 0.6 is 0 Å². The summed E-state index contributed by atoms with van der Waals surface area (Å²) in [7, 11) is 0. The highest BCUT2D eigenvalue weighted by Gasteiger charge is 2.29. The van der Waals surface area contributed by atoms with Crippen molar-refractivity contribution in [3.63, 3.8) is 0 Å². The molecule has 0 fully saturated rings. The third-order valence-corrected chi connectivity index (χ3v) is 5.76. The lowest BCUT2D eigenvalue weighted by atomic mass is 9.97. The molecular weight excluding hydrogens is 399 g/mol. The van der Waals surface area contributed by atoms with E-state index >= 15 is 0 Å². The van der Waals surface area contributed by atoms with Gasteiger partial charge in [0.1, 0.15) is 0 Å². The van der Waals surface area contributed by atoms with Crippen molar-refractivity contribution in [1.82, 2.24) is 9.88 Å². The smallest absolute Gasteiger partial charge is 0.355 e. The molecule has 31 heavy (non-hydrogen) atoms. The van der Waals surface area contributed by atoms with E-state index in [1.807, 2.05) is 48.4 Å². The maximum absolute atomic E-state index is 12.6. The van der Waals surface area contributed by atoms with E-state index in [2.05, 4.69) is 35.4 Å². The second-order valence-electron chi connectivity index (χ2n) is 8.21. The Hall–Kier alpha value is -2.86. The van der Waals surface area contributed by atoms with E-state index in [4.69, 9.17) is 0 Å². The number of hydrogen-bond donors (Lipinski definition) is 1. The average Bonchev–Trinajstić information content (AvgIpc) is 2.74. The van der Waals surface area contributed by atoms with Gasteiger partial charge >= 0.3 is 6.18 Å². The van der Waals surface area contributed by atoms with Crippen LogP contribution in [-0.4, -0.2) is 29.1 Å². The Labute approximate surface area is 180 Å². The first-order valence-electron chi connectivity index (χ1n) is 10.5. The molecule has 0 amide bonds. The summed E-state index contributed by atoms with van der Waals surface area (Å²) in [4.78, 5) is 6.44. The van der Waals surface area contributed by atoms with Gasteiger partial charge in [-0.1, -0.05) is 24.3 Å². The fourth-order valence-electron chi connectivity index (χ4n) is 4.02. The molecule has 4 rings (SSSR count). The third-order valence-electron chi connectivity index (χ3n) is 5.76. The normalized spacial score (nSPS) is 14.4. The molecule has 2 heterocycles. The average molecular weight is 425 g/mol. The van der Waals surface area contributed by atoms with E-state index < -0.39 is 12.6 Å². The number of fused-ring (bicyclic) bond motifs is 1. The van der Waals surface area contributed by atoms with E-state index in [-0.39, 0.29) is 6.54 Å². The fraction of sp³-hybridized carbons (Fsp3) is 0.320. The summed E-state index contributed by atoms with van der Waals surface area (Å²) in [5, 5.41) is 3.53. The molecular formula is C25H26F3N3. The Kier molecular flexibility index (Phi) is 6.01. The predicted molar refractivity (Wildman–Crippen MR) is 119 cm³/mol. The molecule has 0 aliphatic carbocycles. The second-order valence-corrected chi connectivity index (χ2v) is 8.21. The molecule has 0 saturated heterocycles. The number of anilines is 2. The van der Waals surface area contributed by atoms with Gasteiger partial charge in [-0.15, -0.1) is 0 Å². The van der Waals surface area contributed by atoms with Crippen molar-refractivity contribution < 1.29 is 13.2 Å². The molecule has 0 unspecified atom stereocenters. The Morgan fingerprint density at radius 1 is 1.06 bits per heavy atom. The van der Waals surface area contributed by atoms with Crippen molar-refractivity contribution >= 4 is 11.4 Å². The number of halogens is 3. The summed E-state index contributed by atoms with van der Waals surface area (Å²) < 4.78 is 37.7. The number of hydrogen-bond acceptors (Lipinski definition) is 3. The van der Waals surface area contributed by atoms with Gasteiger partial charge in [-0.05, 0) is 66.8 Å². The molecule has 1 aliphatic heterocycles. The van der Waals surface area contributed by atoms with E-state index in [1.54, 1.807) is 0 Å². The molecule has 1 aromatic heterocycles. The Morgan fingerprint density at radius 2 is 1.90 bits per heavy atom. The van der Waals surface area contributed by atoms with Gasteiger partial charge in [0.2, 0.25) is 0 Å². The van der Waals surface area contributed by atoms with Crippen LogP contribution in [0.5, 0.6) is 0 Å². The minimum absolute atomic E-state index is 0.0471. The summed E-state index contributed by atoms with van der Waals surface area (Å²) >= 11 is 0. The van der Waals surface area contributed by atoms with Crippen molar-refractivity contribution in [1.29, 1.82) is 0 Å². The van der Waals surface area contributed by atoms with Crippen molar-refractivity contribution in [2.45, 2.75) is 39.4 Å². The monoisotopic (exact) mass is 425 g/mol. The number of benzene rings is 2. The van der Waals surface area contributed by atoms with Gasteiger partial charge in [-0.25, -0.2) is 0 Å². The van der Waals surface area contributed by atoms with Crippen LogP contribution < -0.4 is 5.32 Å². The lowest BCUT2D eigenvalue weighted by Gasteiger charge is -2.30. The van der Waals surface area contributed by atoms with Crippen LogP contribution in [-0.2, 0) is 13.0 Å². The minimum atomic E-state index is -4.11. The number of rotatable bonds is 5. The summed E-state index contributed by atoms with van der Waals surface area (Å²) in [5.41, 5.74) is 8.53. The largest absolute Gasteiger partial charge is 0.390 e. The van der Waals surface area contributed by atoms with Crippen molar-refractivity contribution in [2.75, 3.05) is 18.4 Å². The lowest BCUT2D eigenvalue weighted by Crippen LogP contribution is -2.33. The van der Waals surface area contributed by atoms with E-state index in [0.717, 1.165) is 45.7 Å². The summed E-state index contributed by atoms with van der Waals surface area (Å²) in [6, 6.07) is 16.3. The predicted octanol–water partition coefficient (Wildman–Crippen LogP) is 6.42. The number of nitrogens with zero attached hydrogens (tertiary/aromatic N) is 2. The zero-order valence-electron chi connectivity index (χ0n) is 17.8. The van der Waals surface area contributed by atoms with Gasteiger partial charge in [0.05, 0.1) is 12.1 Å². The zero-order valence-corrected chi connectivity index (χ0v) is 17.8. The van der Waals surface area contributed by atoms with Crippen LogP contribution in [0.25, 0.3) is 11.3 Å². The van der Waals surface area contributed by atoms with Crippen molar-refractivity contribution in [3.05, 3.63) is 77.0 Å². The number of alkyl halides is 3. The molecule has 1 aliphatic rings. The van der Waals surface area contributed by atoms with Gasteiger partial charge in [-0.2, -0.15) is 13.2 Å². The molecule has 3 nitrogen and oxygen atoms in total. The van der Waals surface area contributed by atoms with E-state index in [9.17, 15) is 13.2 Å². The highest BCUT2D eigenvalue weighted by Crippen LogP contribution is 2.32. The Balaban J connectivity index is 1.54. The molecule has 0 bridgehead atoms. The van der Waals surface area contributed by atoms with Crippen LogP contribution in [0.15, 0.2) is 54.7 Å². The number of pyridine rings is 1. The Bertz CT molecular complexity index is 1060. The first-order chi connectivity index (χ1) is 14.8. The maximum atomic E-state index is 12.6. The van der Waals surface area contributed by atoms with Crippen LogP contribution in [0.2, 0.25) is 0 Å². The second kappa shape index (κ2) is 8.71. The molecule has 0 spiro atoms. The summed E-state index contributed by atoms with van der Waals surface area (Å²) in [5.74, 6) is 0. The Morgan fingerprint density at radius 3 is 2.65 bits per heavy atom. The minimum Gasteiger partial charge on any atom is -0.355 e. The number of aromatic nitrogens is 1. The zero-order chi connectivity index (χ0) is 22.0. The maximum Gasteiger partial charge on any atom is 0.390 e. The quantitative estimate of drug-likeness (QED) is 0.511. The van der Waals surface area contributed by atoms with E-state index in [0.29, 0.717) is 13.1 Å². The third kappa shape index (κ3) is 5.25. The van der Waals surface area contributed by atoms with Gasteiger partial charge in [0, 0.05) is 42.8 Å². The highest BCUT2D eigenvalue weighted by molar-refractivity contribution is 5.73. The highest BCUT2D eigenvalue weighted by atomic mass is 19.4. The van der Waals surface area contributed by atoms with Crippen LogP contribution in [0.1, 0.15) is 28.7 Å². The summed E-state index contributed by atoms with van der Waals surface area (Å²) in [6.45, 7) is 5.32. The molecule has 1 N–H and O–H groups in total. The standard InChI is InChI=1S/C25H26F3N3/c1-17-6-9-23(29-15-17)22-14-20(8-7-18(22)2)30-24-5-3-4-19-16-31(12-10-21(19)24)13-11-25(26,27)28/h3-9,14-15,30H,10-13,16H2,1-2H3. The van der Waals surface area contributed by atoms with Crippen LogP contribution in [0.4, 0.5) is 24.5 Å². The first-order valence-corrected chi connectivity index (χ1v) is 10.5. The molecule has 162 valence electrons. The van der Waals surface area contributed by atoms with Crippen LogP contribution in [0, 0.1) is 13.8 Å². The van der Waals surface area contributed by atoms with Crippen LogP contribution in [0.3, 0.4) is 0 Å². The number of nitrogens with one attached hydrogen (secondary N) is 1. The van der Waals surface area contributed by atoms with Gasteiger partial charge in [0.15, 0.2) is 0 Å². The SMILES string of the molecule is Cc1ccc(-c2cc(Nc3cccc4c3CCN(CCC(F)(F)F)C4)ccc2C)nc1. The van der Waals surface area contributed by atoms with Crippen molar-refractivity contribution in [2.24, 2.45) is 0 Å².